The molecule has 2 amide bonds. The molecule has 3 nitrogen and oxygen atoms in total. The van der Waals surface area contributed by atoms with Gasteiger partial charge in [0.1, 0.15) is 0 Å². The molecule has 1 fully saturated rings. The van der Waals surface area contributed by atoms with E-state index >= 15 is 0 Å². The SMILES string of the molecule is Cc1ccc(N2C(=O)C[C@H](Cc3ccccc3)C2=O)cc1Br. The Morgan fingerprint density at radius 3 is 2.55 bits per heavy atom. The molecule has 22 heavy (non-hydrogen) atoms. The standard InChI is InChI=1S/C18H16BrNO2/c1-12-7-8-15(11-16(12)19)20-17(21)10-14(18(20)22)9-13-5-3-2-4-6-13/h2-8,11,14H,9-10H2,1H3/t14-/m0/s1. The van der Waals surface area contributed by atoms with E-state index in [0.29, 0.717) is 12.1 Å². The molecule has 0 aliphatic carbocycles. The number of amides is 2. The molecule has 4 heteroatoms. The molecule has 1 atom stereocenters. The lowest BCUT2D eigenvalue weighted by Gasteiger charge is -2.16. The first-order chi connectivity index (χ1) is 10.6. The average Bonchev–Trinajstić information content (AvgIpc) is 2.78. The highest BCUT2D eigenvalue weighted by Gasteiger charge is 2.39. The van der Waals surface area contributed by atoms with Crippen molar-refractivity contribution < 1.29 is 9.59 Å². The van der Waals surface area contributed by atoms with E-state index in [1.807, 2.05) is 55.5 Å². The lowest BCUT2D eigenvalue weighted by molar-refractivity contribution is -0.122. The summed E-state index contributed by atoms with van der Waals surface area (Å²) in [5.41, 5.74) is 2.80. The topological polar surface area (TPSA) is 37.4 Å². The predicted octanol–water partition coefficient (Wildman–Crippen LogP) is 3.88. The van der Waals surface area contributed by atoms with Crippen LogP contribution in [0.4, 0.5) is 5.69 Å². The largest absolute Gasteiger partial charge is 0.274 e. The van der Waals surface area contributed by atoms with Gasteiger partial charge in [-0.15, -0.1) is 0 Å². The summed E-state index contributed by atoms with van der Waals surface area (Å²) in [6, 6.07) is 15.4. The van der Waals surface area contributed by atoms with Crippen molar-refractivity contribution in [2.45, 2.75) is 19.8 Å². The number of aryl methyl sites for hydroxylation is 1. The van der Waals surface area contributed by atoms with Crippen molar-refractivity contribution in [3.8, 4) is 0 Å². The van der Waals surface area contributed by atoms with Gasteiger partial charge >= 0.3 is 0 Å². The summed E-state index contributed by atoms with van der Waals surface area (Å²) >= 11 is 3.45. The van der Waals surface area contributed by atoms with Crippen LogP contribution in [0.3, 0.4) is 0 Å². The van der Waals surface area contributed by atoms with Crippen molar-refractivity contribution in [3.05, 3.63) is 64.1 Å². The first-order valence-corrected chi connectivity index (χ1v) is 8.02. The van der Waals surface area contributed by atoms with Crippen LogP contribution in [0.15, 0.2) is 53.0 Å². The van der Waals surface area contributed by atoms with Crippen molar-refractivity contribution in [2.75, 3.05) is 4.90 Å². The van der Waals surface area contributed by atoms with E-state index in [4.69, 9.17) is 0 Å². The maximum Gasteiger partial charge on any atom is 0.237 e. The number of hydrogen-bond acceptors (Lipinski definition) is 2. The molecule has 0 N–H and O–H groups in total. The van der Waals surface area contributed by atoms with Crippen molar-refractivity contribution in [1.82, 2.24) is 0 Å². The van der Waals surface area contributed by atoms with Crippen LogP contribution in [0.1, 0.15) is 17.5 Å². The second-order valence-electron chi connectivity index (χ2n) is 5.59. The van der Waals surface area contributed by atoms with Crippen LogP contribution in [0, 0.1) is 12.8 Å². The zero-order chi connectivity index (χ0) is 15.7. The van der Waals surface area contributed by atoms with E-state index in [0.717, 1.165) is 15.6 Å². The van der Waals surface area contributed by atoms with Gasteiger partial charge in [0.25, 0.3) is 0 Å². The molecular formula is C18H16BrNO2. The number of halogens is 1. The molecule has 2 aromatic rings. The van der Waals surface area contributed by atoms with Crippen molar-refractivity contribution >= 4 is 33.4 Å². The lowest BCUT2D eigenvalue weighted by Crippen LogP contribution is -2.30. The Balaban J connectivity index is 1.83. The monoisotopic (exact) mass is 357 g/mol. The van der Waals surface area contributed by atoms with Gasteiger partial charge in [-0.05, 0) is 36.6 Å². The minimum atomic E-state index is -0.269. The summed E-state index contributed by atoms with van der Waals surface area (Å²) in [6.45, 7) is 1.97. The van der Waals surface area contributed by atoms with Gasteiger partial charge in [0.2, 0.25) is 11.8 Å². The third kappa shape index (κ3) is 2.83. The summed E-state index contributed by atoms with van der Waals surface area (Å²) in [5, 5.41) is 0. The highest BCUT2D eigenvalue weighted by Crippen LogP contribution is 2.31. The Morgan fingerprint density at radius 2 is 1.86 bits per heavy atom. The molecule has 1 aliphatic heterocycles. The fraction of sp³-hybridized carbons (Fsp3) is 0.222. The number of carbonyl (C=O) groups excluding carboxylic acids is 2. The zero-order valence-corrected chi connectivity index (χ0v) is 13.8. The smallest absolute Gasteiger partial charge is 0.237 e. The Labute approximate surface area is 138 Å². The first kappa shape index (κ1) is 15.0. The van der Waals surface area contributed by atoms with Crippen LogP contribution < -0.4 is 4.90 Å². The van der Waals surface area contributed by atoms with E-state index in [1.54, 1.807) is 0 Å². The van der Waals surface area contributed by atoms with E-state index in [-0.39, 0.29) is 24.2 Å². The Morgan fingerprint density at radius 1 is 1.14 bits per heavy atom. The van der Waals surface area contributed by atoms with Crippen molar-refractivity contribution in [2.24, 2.45) is 5.92 Å². The fourth-order valence-electron chi connectivity index (χ4n) is 2.75. The molecule has 1 heterocycles. The van der Waals surface area contributed by atoms with Gasteiger partial charge in [0, 0.05) is 10.9 Å². The predicted molar refractivity (Wildman–Crippen MR) is 89.6 cm³/mol. The third-order valence-corrected chi connectivity index (χ3v) is 4.83. The van der Waals surface area contributed by atoms with Crippen LogP contribution in [-0.2, 0) is 16.0 Å². The van der Waals surface area contributed by atoms with Gasteiger partial charge in [-0.25, -0.2) is 0 Å². The molecular weight excluding hydrogens is 342 g/mol. The minimum absolute atomic E-state index is 0.107. The molecule has 0 bridgehead atoms. The summed E-state index contributed by atoms with van der Waals surface area (Å²) < 4.78 is 0.900. The minimum Gasteiger partial charge on any atom is -0.274 e. The summed E-state index contributed by atoms with van der Waals surface area (Å²) in [7, 11) is 0. The highest BCUT2D eigenvalue weighted by atomic mass is 79.9. The van der Waals surface area contributed by atoms with E-state index in [2.05, 4.69) is 15.9 Å². The van der Waals surface area contributed by atoms with Gasteiger partial charge in [-0.2, -0.15) is 0 Å². The van der Waals surface area contributed by atoms with E-state index in [9.17, 15) is 9.59 Å². The molecule has 0 radical (unpaired) electrons. The van der Waals surface area contributed by atoms with Crippen molar-refractivity contribution in [3.63, 3.8) is 0 Å². The number of rotatable bonds is 3. The molecule has 112 valence electrons. The maximum absolute atomic E-state index is 12.6. The summed E-state index contributed by atoms with van der Waals surface area (Å²) in [6.07, 6.45) is 0.883. The van der Waals surface area contributed by atoms with Gasteiger partial charge in [-0.3, -0.25) is 14.5 Å². The third-order valence-electron chi connectivity index (χ3n) is 3.98. The van der Waals surface area contributed by atoms with Gasteiger partial charge < -0.3 is 0 Å². The molecule has 0 spiro atoms. The quantitative estimate of drug-likeness (QED) is 0.781. The Kier molecular flexibility index (Phi) is 4.12. The number of benzene rings is 2. The summed E-state index contributed by atoms with van der Waals surface area (Å²) in [4.78, 5) is 26.2. The summed E-state index contributed by atoms with van der Waals surface area (Å²) in [5.74, 6) is -0.499. The molecule has 0 unspecified atom stereocenters. The van der Waals surface area contributed by atoms with Crippen LogP contribution in [0.2, 0.25) is 0 Å². The first-order valence-electron chi connectivity index (χ1n) is 7.23. The number of imide groups is 1. The van der Waals surface area contributed by atoms with Gasteiger partial charge in [0.05, 0.1) is 11.6 Å². The second kappa shape index (κ2) is 6.05. The molecule has 3 rings (SSSR count). The average molecular weight is 358 g/mol. The van der Waals surface area contributed by atoms with Crippen LogP contribution in [0.5, 0.6) is 0 Å². The van der Waals surface area contributed by atoms with E-state index < -0.39 is 0 Å². The molecule has 2 aromatic carbocycles. The van der Waals surface area contributed by atoms with Crippen LogP contribution >= 0.6 is 15.9 Å². The number of anilines is 1. The number of hydrogen-bond donors (Lipinski definition) is 0. The number of nitrogens with zero attached hydrogens (tertiary/aromatic N) is 1. The molecule has 0 aromatic heterocycles. The van der Waals surface area contributed by atoms with Gasteiger partial charge in [-0.1, -0.05) is 52.3 Å². The Bertz CT molecular complexity index is 727. The van der Waals surface area contributed by atoms with Gasteiger partial charge in [0.15, 0.2) is 0 Å². The lowest BCUT2D eigenvalue weighted by atomic mass is 9.98. The molecule has 0 saturated carbocycles. The Hall–Kier alpha value is -1.94. The number of carbonyl (C=O) groups is 2. The van der Waals surface area contributed by atoms with Crippen LogP contribution in [-0.4, -0.2) is 11.8 Å². The highest BCUT2D eigenvalue weighted by molar-refractivity contribution is 9.10. The molecule has 1 aliphatic rings. The second-order valence-corrected chi connectivity index (χ2v) is 6.45. The van der Waals surface area contributed by atoms with Crippen molar-refractivity contribution in [1.29, 1.82) is 0 Å². The van der Waals surface area contributed by atoms with E-state index in [1.165, 1.54) is 4.90 Å². The molecule has 1 saturated heterocycles. The maximum atomic E-state index is 12.6. The fourth-order valence-corrected chi connectivity index (χ4v) is 3.11. The zero-order valence-electron chi connectivity index (χ0n) is 12.3. The normalized spacial score (nSPS) is 18.1. The van der Waals surface area contributed by atoms with Crippen LogP contribution in [0.25, 0.3) is 0 Å².